The van der Waals surface area contributed by atoms with Crippen LogP contribution in [0.15, 0.2) is 41.3 Å². The molecule has 8 nitrogen and oxygen atoms in total. The summed E-state index contributed by atoms with van der Waals surface area (Å²) in [5.74, 6) is -0.836. The third kappa shape index (κ3) is 5.93. The summed E-state index contributed by atoms with van der Waals surface area (Å²) >= 11 is 0. The van der Waals surface area contributed by atoms with Gasteiger partial charge in [-0.3, -0.25) is 4.79 Å². The van der Waals surface area contributed by atoms with Gasteiger partial charge in [0.25, 0.3) is 0 Å². The Bertz CT molecular complexity index is 1000. The average molecular weight is 436 g/mol. The van der Waals surface area contributed by atoms with Gasteiger partial charge in [0.15, 0.2) is 0 Å². The summed E-state index contributed by atoms with van der Waals surface area (Å²) in [5.41, 5.74) is 0.941. The standard InChI is InChI=1S/C21H29N3O5S/c1-15(25)23-18(21(26)29-4)11-5-6-14-22-30(27,28)20-13-8-9-16-17(20)10-7-12-19(16)24(2)3/h7-10,12-13,18,22H,5-6,11,14H2,1-4H3,(H,23,25)/t18-/m0/s1. The van der Waals surface area contributed by atoms with Gasteiger partial charge < -0.3 is 15.0 Å². The first-order chi connectivity index (χ1) is 14.2. The molecule has 2 N–H and O–H groups in total. The van der Waals surface area contributed by atoms with Crippen molar-refractivity contribution in [3.05, 3.63) is 36.4 Å². The summed E-state index contributed by atoms with van der Waals surface area (Å²) in [6.45, 7) is 1.55. The molecule has 30 heavy (non-hydrogen) atoms. The summed E-state index contributed by atoms with van der Waals surface area (Å²) in [4.78, 5) is 25.1. The van der Waals surface area contributed by atoms with Crippen molar-refractivity contribution in [2.45, 2.75) is 37.1 Å². The van der Waals surface area contributed by atoms with Crippen LogP contribution in [-0.2, 0) is 24.3 Å². The highest BCUT2D eigenvalue weighted by Gasteiger charge is 2.20. The number of esters is 1. The second-order valence-corrected chi connectivity index (χ2v) is 8.93. The molecule has 1 amide bonds. The van der Waals surface area contributed by atoms with E-state index in [4.69, 9.17) is 0 Å². The molecule has 0 radical (unpaired) electrons. The lowest BCUT2D eigenvalue weighted by Gasteiger charge is -2.17. The molecule has 0 spiro atoms. The number of nitrogens with zero attached hydrogens (tertiary/aromatic N) is 1. The molecule has 2 rings (SSSR count). The van der Waals surface area contributed by atoms with Gasteiger partial charge in [0, 0.05) is 44.0 Å². The molecule has 0 bridgehead atoms. The Morgan fingerprint density at radius 1 is 1.07 bits per heavy atom. The van der Waals surface area contributed by atoms with Gasteiger partial charge in [-0.15, -0.1) is 0 Å². The Kier molecular flexibility index (Phi) is 8.19. The minimum atomic E-state index is -3.70. The molecule has 1 atom stereocenters. The lowest BCUT2D eigenvalue weighted by Crippen LogP contribution is -2.40. The number of hydrogen-bond acceptors (Lipinski definition) is 6. The van der Waals surface area contributed by atoms with Crippen LogP contribution in [0.5, 0.6) is 0 Å². The van der Waals surface area contributed by atoms with Crippen LogP contribution in [0.1, 0.15) is 26.2 Å². The van der Waals surface area contributed by atoms with Crippen LogP contribution < -0.4 is 14.9 Å². The van der Waals surface area contributed by atoms with Crippen molar-refractivity contribution in [1.82, 2.24) is 10.0 Å². The molecule has 0 aliphatic heterocycles. The Hall–Kier alpha value is -2.65. The maximum absolute atomic E-state index is 12.9. The van der Waals surface area contributed by atoms with Gasteiger partial charge in [0.1, 0.15) is 6.04 Å². The molecule has 0 heterocycles. The van der Waals surface area contributed by atoms with E-state index in [9.17, 15) is 18.0 Å². The maximum atomic E-state index is 12.9. The van der Waals surface area contributed by atoms with Crippen LogP contribution in [0.2, 0.25) is 0 Å². The van der Waals surface area contributed by atoms with Gasteiger partial charge in [-0.25, -0.2) is 17.9 Å². The number of carbonyl (C=O) groups excluding carboxylic acids is 2. The number of hydrogen-bond donors (Lipinski definition) is 2. The molecule has 164 valence electrons. The van der Waals surface area contributed by atoms with Gasteiger partial charge in [-0.05, 0) is 31.4 Å². The average Bonchev–Trinajstić information content (AvgIpc) is 2.70. The number of fused-ring (bicyclic) bond motifs is 1. The van der Waals surface area contributed by atoms with E-state index in [0.717, 1.165) is 11.1 Å². The summed E-state index contributed by atoms with van der Waals surface area (Å²) in [6.07, 6.45) is 1.43. The van der Waals surface area contributed by atoms with Crippen molar-refractivity contribution in [3.8, 4) is 0 Å². The van der Waals surface area contributed by atoms with Crippen LogP contribution in [0.3, 0.4) is 0 Å². The van der Waals surface area contributed by atoms with Gasteiger partial charge >= 0.3 is 5.97 Å². The van der Waals surface area contributed by atoms with Crippen LogP contribution in [0.4, 0.5) is 5.69 Å². The fraction of sp³-hybridized carbons (Fsp3) is 0.429. The number of carbonyl (C=O) groups is 2. The minimum absolute atomic E-state index is 0.222. The smallest absolute Gasteiger partial charge is 0.328 e. The second-order valence-electron chi connectivity index (χ2n) is 7.19. The summed E-state index contributed by atoms with van der Waals surface area (Å²) in [5, 5.41) is 4.06. The van der Waals surface area contributed by atoms with Gasteiger partial charge in [-0.2, -0.15) is 0 Å². The van der Waals surface area contributed by atoms with Gasteiger partial charge in [0.05, 0.1) is 12.0 Å². The number of sulfonamides is 1. The zero-order chi connectivity index (χ0) is 22.3. The van der Waals surface area contributed by atoms with Crippen molar-refractivity contribution in [2.24, 2.45) is 0 Å². The number of unbranched alkanes of at least 4 members (excludes halogenated alkanes) is 1. The number of methoxy groups -OCH3 is 1. The molecule has 0 saturated carbocycles. The van der Waals surface area contributed by atoms with E-state index in [1.54, 1.807) is 18.2 Å². The SMILES string of the molecule is COC(=O)[C@H](CCCCNS(=O)(=O)c1cccc2c(N(C)C)cccc12)NC(C)=O. The molecule has 9 heteroatoms. The molecule has 0 aliphatic carbocycles. The highest BCUT2D eigenvalue weighted by atomic mass is 32.2. The van der Waals surface area contributed by atoms with E-state index in [0.29, 0.717) is 24.6 Å². The van der Waals surface area contributed by atoms with Crippen LogP contribution >= 0.6 is 0 Å². The number of rotatable bonds is 10. The van der Waals surface area contributed by atoms with E-state index >= 15 is 0 Å². The normalized spacial score (nSPS) is 12.4. The monoisotopic (exact) mass is 435 g/mol. The molecular weight excluding hydrogens is 406 g/mol. The van der Waals surface area contributed by atoms with E-state index in [1.807, 2.05) is 37.2 Å². The molecular formula is C21H29N3O5S. The Morgan fingerprint density at radius 3 is 2.37 bits per heavy atom. The van der Waals surface area contributed by atoms with E-state index in [-0.39, 0.29) is 17.3 Å². The number of nitrogens with one attached hydrogen (secondary N) is 2. The second kappa shape index (κ2) is 10.4. The number of ether oxygens (including phenoxy) is 1. The van der Waals surface area contributed by atoms with E-state index < -0.39 is 22.0 Å². The molecule has 0 fully saturated rings. The van der Waals surface area contributed by atoms with Crippen molar-refractivity contribution < 1.29 is 22.7 Å². The van der Waals surface area contributed by atoms with Crippen LogP contribution in [0.25, 0.3) is 10.8 Å². The molecule has 2 aromatic carbocycles. The summed E-state index contributed by atoms with van der Waals surface area (Å²) < 4.78 is 33.0. The minimum Gasteiger partial charge on any atom is -0.467 e. The predicted molar refractivity (Wildman–Crippen MR) is 117 cm³/mol. The summed E-state index contributed by atoms with van der Waals surface area (Å²) in [7, 11) is 1.39. The first kappa shape index (κ1) is 23.6. The number of amides is 1. The topological polar surface area (TPSA) is 105 Å². The Labute approximate surface area is 177 Å². The predicted octanol–water partition coefficient (Wildman–Crippen LogP) is 2.03. The highest BCUT2D eigenvalue weighted by Crippen LogP contribution is 2.30. The molecule has 0 unspecified atom stereocenters. The van der Waals surface area contributed by atoms with E-state index in [1.165, 1.54) is 14.0 Å². The first-order valence-electron chi connectivity index (χ1n) is 9.71. The lowest BCUT2D eigenvalue weighted by atomic mass is 10.1. The van der Waals surface area contributed by atoms with Crippen molar-refractivity contribution in [1.29, 1.82) is 0 Å². The molecule has 0 aromatic heterocycles. The van der Waals surface area contributed by atoms with Gasteiger partial charge in [0.2, 0.25) is 15.9 Å². The van der Waals surface area contributed by atoms with Crippen LogP contribution in [0, 0.1) is 0 Å². The van der Waals surface area contributed by atoms with Crippen LogP contribution in [-0.4, -0.2) is 54.1 Å². The summed E-state index contributed by atoms with van der Waals surface area (Å²) in [6, 6.07) is 10.1. The molecule has 2 aromatic rings. The van der Waals surface area contributed by atoms with Crippen molar-refractivity contribution in [3.63, 3.8) is 0 Å². The fourth-order valence-electron chi connectivity index (χ4n) is 3.28. The van der Waals surface area contributed by atoms with Gasteiger partial charge in [-0.1, -0.05) is 24.3 Å². The third-order valence-electron chi connectivity index (χ3n) is 4.71. The third-order valence-corrected chi connectivity index (χ3v) is 6.22. The molecule has 0 saturated heterocycles. The Morgan fingerprint density at radius 2 is 1.73 bits per heavy atom. The fourth-order valence-corrected chi connectivity index (χ4v) is 4.58. The van der Waals surface area contributed by atoms with Crippen molar-refractivity contribution >= 4 is 38.4 Å². The van der Waals surface area contributed by atoms with E-state index in [2.05, 4.69) is 14.8 Å². The zero-order valence-corrected chi connectivity index (χ0v) is 18.6. The number of benzene rings is 2. The quantitative estimate of drug-likeness (QED) is 0.437. The first-order valence-corrected chi connectivity index (χ1v) is 11.2. The number of anilines is 1. The largest absolute Gasteiger partial charge is 0.467 e. The van der Waals surface area contributed by atoms with Crippen molar-refractivity contribution in [2.75, 3.05) is 32.6 Å². The molecule has 0 aliphatic rings. The Balaban J connectivity index is 2.03. The zero-order valence-electron chi connectivity index (χ0n) is 17.8. The lowest BCUT2D eigenvalue weighted by molar-refractivity contribution is -0.145. The highest BCUT2D eigenvalue weighted by molar-refractivity contribution is 7.89. The maximum Gasteiger partial charge on any atom is 0.328 e.